The van der Waals surface area contributed by atoms with Gasteiger partial charge >= 0.3 is 0 Å². The van der Waals surface area contributed by atoms with Gasteiger partial charge in [0.05, 0.1) is 27.3 Å². The first kappa shape index (κ1) is 18.8. The van der Waals surface area contributed by atoms with Crippen molar-refractivity contribution in [2.75, 3.05) is 0 Å². The minimum Gasteiger partial charge on any atom is -0.268 e. The minimum atomic E-state index is -0.459. The standard InChI is InChI=1S/C21H18FN3OS2/c1-13(2)19-23-14(11-27-19)12-28-21-24-17-9-5-3-7-15(17)20(26)25(21)18-10-6-4-8-16(18)22/h3-11,13H,12H2,1-2H3. The number of benzene rings is 2. The van der Waals surface area contributed by atoms with E-state index < -0.39 is 5.82 Å². The van der Waals surface area contributed by atoms with Gasteiger partial charge in [0.2, 0.25) is 0 Å². The highest BCUT2D eigenvalue weighted by Gasteiger charge is 2.16. The Balaban J connectivity index is 1.80. The second-order valence-electron chi connectivity index (χ2n) is 6.62. The van der Waals surface area contributed by atoms with Crippen LogP contribution in [0.4, 0.5) is 4.39 Å². The number of halogens is 1. The van der Waals surface area contributed by atoms with Gasteiger partial charge in [0.25, 0.3) is 5.56 Å². The highest BCUT2D eigenvalue weighted by molar-refractivity contribution is 7.98. The third-order valence-electron chi connectivity index (χ3n) is 4.25. The van der Waals surface area contributed by atoms with Crippen molar-refractivity contribution in [1.82, 2.24) is 14.5 Å². The molecule has 142 valence electrons. The average Bonchev–Trinajstić information content (AvgIpc) is 3.17. The molecular formula is C21H18FN3OS2. The molecule has 0 N–H and O–H groups in total. The molecule has 0 aliphatic heterocycles. The molecule has 7 heteroatoms. The van der Waals surface area contributed by atoms with Crippen molar-refractivity contribution < 1.29 is 4.39 Å². The fourth-order valence-electron chi connectivity index (χ4n) is 2.85. The maximum absolute atomic E-state index is 14.5. The number of aromatic nitrogens is 3. The zero-order chi connectivity index (χ0) is 19.7. The summed E-state index contributed by atoms with van der Waals surface area (Å²) >= 11 is 3.02. The Bertz CT molecular complexity index is 1200. The molecule has 2 heterocycles. The first-order valence-corrected chi connectivity index (χ1v) is 10.7. The van der Waals surface area contributed by atoms with Gasteiger partial charge < -0.3 is 0 Å². The molecule has 4 nitrogen and oxygen atoms in total. The van der Waals surface area contributed by atoms with Crippen LogP contribution < -0.4 is 5.56 Å². The predicted molar refractivity (Wildman–Crippen MR) is 113 cm³/mol. The van der Waals surface area contributed by atoms with Gasteiger partial charge in [-0.25, -0.2) is 14.4 Å². The largest absolute Gasteiger partial charge is 0.268 e. The highest BCUT2D eigenvalue weighted by atomic mass is 32.2. The third-order valence-corrected chi connectivity index (χ3v) is 6.42. The van der Waals surface area contributed by atoms with E-state index in [1.807, 2.05) is 11.4 Å². The molecular weight excluding hydrogens is 393 g/mol. The molecule has 0 atom stereocenters. The Hall–Kier alpha value is -2.51. The van der Waals surface area contributed by atoms with Crippen molar-refractivity contribution in [1.29, 1.82) is 0 Å². The van der Waals surface area contributed by atoms with Crippen LogP contribution in [-0.2, 0) is 5.75 Å². The van der Waals surface area contributed by atoms with Crippen molar-refractivity contribution in [2.24, 2.45) is 0 Å². The molecule has 0 aliphatic carbocycles. The quantitative estimate of drug-likeness (QED) is 0.326. The Morgan fingerprint density at radius 2 is 1.86 bits per heavy atom. The smallest absolute Gasteiger partial charge is 0.266 e. The van der Waals surface area contributed by atoms with Gasteiger partial charge in [0.15, 0.2) is 5.16 Å². The first-order valence-electron chi connectivity index (χ1n) is 8.88. The summed E-state index contributed by atoms with van der Waals surface area (Å²) in [5.74, 6) is 0.473. The summed E-state index contributed by atoms with van der Waals surface area (Å²) in [4.78, 5) is 22.4. The zero-order valence-corrected chi connectivity index (χ0v) is 17.1. The summed E-state index contributed by atoms with van der Waals surface area (Å²) < 4.78 is 15.8. The number of hydrogen-bond acceptors (Lipinski definition) is 5. The molecule has 0 saturated heterocycles. The number of para-hydroxylation sites is 2. The summed E-state index contributed by atoms with van der Waals surface area (Å²) in [7, 11) is 0. The van der Waals surface area contributed by atoms with Crippen molar-refractivity contribution in [3.05, 3.63) is 80.8 Å². The monoisotopic (exact) mass is 411 g/mol. The lowest BCUT2D eigenvalue weighted by Gasteiger charge is -2.13. The number of nitrogens with zero attached hydrogens (tertiary/aromatic N) is 3. The molecule has 0 aliphatic rings. The van der Waals surface area contributed by atoms with Gasteiger partial charge in [-0.2, -0.15) is 0 Å². The van der Waals surface area contributed by atoms with Crippen LogP contribution in [0, 0.1) is 5.82 Å². The van der Waals surface area contributed by atoms with Crippen LogP contribution in [-0.4, -0.2) is 14.5 Å². The predicted octanol–water partition coefficient (Wildman–Crippen LogP) is 5.40. The average molecular weight is 412 g/mol. The maximum atomic E-state index is 14.5. The van der Waals surface area contributed by atoms with Gasteiger partial charge in [-0.1, -0.05) is 49.9 Å². The minimum absolute atomic E-state index is 0.203. The van der Waals surface area contributed by atoms with Crippen LogP contribution in [0.3, 0.4) is 0 Å². The number of hydrogen-bond donors (Lipinski definition) is 0. The van der Waals surface area contributed by atoms with E-state index in [0.717, 1.165) is 10.7 Å². The first-order chi connectivity index (χ1) is 13.5. The van der Waals surface area contributed by atoms with Crippen molar-refractivity contribution >= 4 is 34.0 Å². The van der Waals surface area contributed by atoms with E-state index >= 15 is 0 Å². The fraction of sp³-hybridized carbons (Fsp3) is 0.190. The molecule has 0 unspecified atom stereocenters. The molecule has 28 heavy (non-hydrogen) atoms. The van der Waals surface area contributed by atoms with Crippen molar-refractivity contribution in [3.8, 4) is 5.69 Å². The van der Waals surface area contributed by atoms with Gasteiger partial charge in [0, 0.05) is 17.1 Å². The van der Waals surface area contributed by atoms with Crippen LogP contribution in [0.2, 0.25) is 0 Å². The Kier molecular flexibility index (Phi) is 5.28. The molecule has 0 saturated carbocycles. The molecule has 0 fully saturated rings. The Morgan fingerprint density at radius 3 is 2.61 bits per heavy atom. The Labute approximate surface area is 170 Å². The fourth-order valence-corrected chi connectivity index (χ4v) is 4.69. The van der Waals surface area contributed by atoms with Gasteiger partial charge in [0.1, 0.15) is 5.82 Å². The van der Waals surface area contributed by atoms with Crippen LogP contribution in [0.5, 0.6) is 0 Å². The van der Waals surface area contributed by atoms with Crippen LogP contribution in [0.15, 0.2) is 63.9 Å². The highest BCUT2D eigenvalue weighted by Crippen LogP contribution is 2.27. The Morgan fingerprint density at radius 1 is 1.11 bits per heavy atom. The van der Waals surface area contributed by atoms with E-state index in [9.17, 15) is 9.18 Å². The molecule has 4 rings (SSSR count). The second kappa shape index (κ2) is 7.85. The summed E-state index contributed by atoms with van der Waals surface area (Å²) in [5.41, 5.74) is 1.46. The van der Waals surface area contributed by atoms with Crippen LogP contribution in [0.25, 0.3) is 16.6 Å². The van der Waals surface area contributed by atoms with Crippen LogP contribution in [0.1, 0.15) is 30.5 Å². The van der Waals surface area contributed by atoms with Crippen molar-refractivity contribution in [2.45, 2.75) is 30.7 Å². The number of rotatable bonds is 5. The maximum Gasteiger partial charge on any atom is 0.266 e. The molecule has 2 aromatic heterocycles. The van der Waals surface area contributed by atoms with Gasteiger partial charge in [-0.15, -0.1) is 11.3 Å². The van der Waals surface area contributed by atoms with Crippen molar-refractivity contribution in [3.63, 3.8) is 0 Å². The SMILES string of the molecule is CC(C)c1nc(CSc2nc3ccccc3c(=O)n2-c2ccccc2F)cs1. The number of fused-ring (bicyclic) bond motifs is 1. The normalized spacial score (nSPS) is 11.4. The lowest BCUT2D eigenvalue weighted by molar-refractivity contribution is 0.608. The van der Waals surface area contributed by atoms with E-state index in [1.165, 1.54) is 22.4 Å². The van der Waals surface area contributed by atoms with Gasteiger partial charge in [-0.05, 0) is 24.3 Å². The number of thioether (sulfide) groups is 1. The third kappa shape index (κ3) is 3.59. The molecule has 0 radical (unpaired) electrons. The molecule has 4 aromatic rings. The van der Waals surface area contributed by atoms with Crippen LogP contribution >= 0.6 is 23.1 Å². The summed E-state index contributed by atoms with van der Waals surface area (Å²) in [6.45, 7) is 4.22. The lowest BCUT2D eigenvalue weighted by atomic mass is 10.2. The van der Waals surface area contributed by atoms with Gasteiger partial charge in [-0.3, -0.25) is 9.36 Å². The summed E-state index contributed by atoms with van der Waals surface area (Å²) in [5, 5.41) is 4.02. The molecule has 0 spiro atoms. The summed E-state index contributed by atoms with van der Waals surface area (Å²) in [6.07, 6.45) is 0. The van der Waals surface area contributed by atoms with E-state index in [1.54, 1.807) is 47.7 Å². The molecule has 0 amide bonds. The zero-order valence-electron chi connectivity index (χ0n) is 15.4. The van der Waals surface area contributed by atoms with E-state index in [4.69, 9.17) is 0 Å². The summed E-state index contributed by atoms with van der Waals surface area (Å²) in [6, 6.07) is 13.4. The number of thiazole rings is 1. The van der Waals surface area contributed by atoms with E-state index in [-0.39, 0.29) is 11.2 Å². The van der Waals surface area contributed by atoms with E-state index in [2.05, 4.69) is 23.8 Å². The lowest BCUT2D eigenvalue weighted by Crippen LogP contribution is -2.22. The van der Waals surface area contributed by atoms with E-state index in [0.29, 0.717) is 27.7 Å². The second-order valence-corrected chi connectivity index (χ2v) is 8.46. The molecule has 0 bridgehead atoms. The topological polar surface area (TPSA) is 47.8 Å². The molecule has 2 aromatic carbocycles.